The lowest BCUT2D eigenvalue weighted by atomic mass is 10.1. The van der Waals surface area contributed by atoms with Crippen molar-refractivity contribution in [1.29, 1.82) is 0 Å². The van der Waals surface area contributed by atoms with Crippen LogP contribution in [0, 0.1) is 0 Å². The number of hydrogen-bond acceptors (Lipinski definition) is 2. The molecule has 0 aliphatic heterocycles. The molecule has 0 aliphatic carbocycles. The molecular weight excluding hydrogens is 214 g/mol. The highest BCUT2D eigenvalue weighted by atomic mass is 35.5. The van der Waals surface area contributed by atoms with Gasteiger partial charge in [0.2, 0.25) is 0 Å². The summed E-state index contributed by atoms with van der Waals surface area (Å²) in [4.78, 5) is 14.3. The minimum Gasteiger partial charge on any atom is -0.495 e. The number of nitrogens with one attached hydrogen (secondary N) is 1. The average molecular weight is 224 g/mol. The summed E-state index contributed by atoms with van der Waals surface area (Å²) >= 11 is 5.96. The number of hydrogen-bond donors (Lipinski definition) is 1. The molecule has 0 bridgehead atoms. The van der Waals surface area contributed by atoms with E-state index in [1.807, 2.05) is 0 Å². The zero-order chi connectivity index (χ0) is 11.0. The van der Waals surface area contributed by atoms with E-state index in [1.165, 1.54) is 6.92 Å². The largest absolute Gasteiger partial charge is 0.495 e. The maximum Gasteiger partial charge on any atom is 0.161 e. The van der Waals surface area contributed by atoms with Crippen molar-refractivity contribution in [3.8, 4) is 5.75 Å². The van der Waals surface area contributed by atoms with Crippen molar-refractivity contribution in [1.82, 2.24) is 4.98 Å². The molecule has 0 fully saturated rings. The fourth-order valence-electron chi connectivity index (χ4n) is 1.57. The monoisotopic (exact) mass is 223 g/mol. The number of benzene rings is 1. The van der Waals surface area contributed by atoms with Crippen LogP contribution in [-0.4, -0.2) is 17.9 Å². The van der Waals surface area contributed by atoms with Gasteiger partial charge in [0, 0.05) is 22.7 Å². The normalized spacial score (nSPS) is 10.6. The Balaban J connectivity index is 2.74. The average Bonchev–Trinajstić information content (AvgIpc) is 2.59. The van der Waals surface area contributed by atoms with Gasteiger partial charge in [-0.2, -0.15) is 0 Å². The fourth-order valence-corrected chi connectivity index (χ4v) is 1.81. The lowest BCUT2D eigenvalue weighted by Crippen LogP contribution is -1.90. The zero-order valence-electron chi connectivity index (χ0n) is 8.43. The van der Waals surface area contributed by atoms with Gasteiger partial charge in [0.1, 0.15) is 5.75 Å². The molecule has 0 amide bonds. The topological polar surface area (TPSA) is 42.1 Å². The SMILES string of the molecule is COc1cc2c(C(C)=O)c[nH]c2cc1Cl. The van der Waals surface area contributed by atoms with Crippen molar-refractivity contribution in [3.05, 3.63) is 28.9 Å². The third kappa shape index (κ3) is 1.59. The van der Waals surface area contributed by atoms with Gasteiger partial charge in [0.25, 0.3) is 0 Å². The summed E-state index contributed by atoms with van der Waals surface area (Å²) in [6.07, 6.45) is 1.68. The molecule has 1 aromatic heterocycles. The predicted molar refractivity (Wildman–Crippen MR) is 59.9 cm³/mol. The minimum absolute atomic E-state index is 0.0191. The van der Waals surface area contributed by atoms with Crippen molar-refractivity contribution < 1.29 is 9.53 Å². The second-order valence-electron chi connectivity index (χ2n) is 3.29. The minimum atomic E-state index is 0.0191. The van der Waals surface area contributed by atoms with Gasteiger partial charge in [-0.15, -0.1) is 0 Å². The Hall–Kier alpha value is -1.48. The lowest BCUT2D eigenvalue weighted by Gasteiger charge is -2.03. The molecule has 0 saturated heterocycles. The number of rotatable bonds is 2. The van der Waals surface area contributed by atoms with E-state index in [-0.39, 0.29) is 5.78 Å². The number of H-pyrrole nitrogens is 1. The number of ether oxygens (including phenoxy) is 1. The van der Waals surface area contributed by atoms with Crippen molar-refractivity contribution in [3.63, 3.8) is 0 Å². The number of carbonyl (C=O) groups is 1. The molecule has 1 heterocycles. The summed E-state index contributed by atoms with van der Waals surface area (Å²) in [5.74, 6) is 0.594. The van der Waals surface area contributed by atoms with Crippen LogP contribution in [0.2, 0.25) is 5.02 Å². The Morgan fingerprint density at radius 1 is 1.47 bits per heavy atom. The number of methoxy groups -OCH3 is 1. The van der Waals surface area contributed by atoms with Gasteiger partial charge >= 0.3 is 0 Å². The smallest absolute Gasteiger partial charge is 0.161 e. The van der Waals surface area contributed by atoms with E-state index < -0.39 is 0 Å². The molecule has 0 unspecified atom stereocenters. The van der Waals surface area contributed by atoms with Crippen LogP contribution < -0.4 is 4.74 Å². The summed E-state index contributed by atoms with van der Waals surface area (Å²) in [7, 11) is 1.55. The highest BCUT2D eigenvalue weighted by Gasteiger charge is 2.11. The van der Waals surface area contributed by atoms with Crippen LogP contribution in [0.1, 0.15) is 17.3 Å². The quantitative estimate of drug-likeness (QED) is 0.796. The van der Waals surface area contributed by atoms with E-state index in [2.05, 4.69) is 4.98 Å². The summed E-state index contributed by atoms with van der Waals surface area (Å²) in [6, 6.07) is 3.52. The van der Waals surface area contributed by atoms with E-state index in [9.17, 15) is 4.79 Å². The first-order valence-electron chi connectivity index (χ1n) is 4.49. The molecule has 0 spiro atoms. The second kappa shape index (κ2) is 3.59. The Morgan fingerprint density at radius 2 is 2.20 bits per heavy atom. The van der Waals surface area contributed by atoms with Crippen LogP contribution in [0.15, 0.2) is 18.3 Å². The molecule has 4 heteroatoms. The van der Waals surface area contributed by atoms with Crippen LogP contribution in [-0.2, 0) is 0 Å². The second-order valence-corrected chi connectivity index (χ2v) is 3.70. The van der Waals surface area contributed by atoms with E-state index in [0.717, 1.165) is 10.9 Å². The number of halogens is 1. The Labute approximate surface area is 92.0 Å². The molecule has 1 N–H and O–H groups in total. The van der Waals surface area contributed by atoms with Crippen molar-refractivity contribution in [2.75, 3.05) is 7.11 Å². The number of fused-ring (bicyclic) bond motifs is 1. The van der Waals surface area contributed by atoms with Crippen molar-refractivity contribution >= 4 is 28.3 Å². The summed E-state index contributed by atoms with van der Waals surface area (Å²) in [5, 5.41) is 1.37. The van der Waals surface area contributed by atoms with Crippen LogP contribution in [0.3, 0.4) is 0 Å². The number of Topliss-reactive ketones (excluding diaryl/α,β-unsaturated/α-hetero) is 1. The fraction of sp³-hybridized carbons (Fsp3) is 0.182. The van der Waals surface area contributed by atoms with Gasteiger partial charge in [-0.25, -0.2) is 0 Å². The van der Waals surface area contributed by atoms with Crippen molar-refractivity contribution in [2.45, 2.75) is 6.92 Å². The van der Waals surface area contributed by atoms with Gasteiger partial charge in [-0.05, 0) is 19.1 Å². The third-order valence-corrected chi connectivity index (χ3v) is 2.63. The molecule has 15 heavy (non-hydrogen) atoms. The first-order valence-corrected chi connectivity index (χ1v) is 4.87. The van der Waals surface area contributed by atoms with Gasteiger partial charge in [-0.1, -0.05) is 11.6 Å². The first-order chi connectivity index (χ1) is 7.13. The molecule has 2 rings (SSSR count). The van der Waals surface area contributed by atoms with Crippen LogP contribution in [0.4, 0.5) is 0 Å². The molecule has 78 valence electrons. The van der Waals surface area contributed by atoms with E-state index in [0.29, 0.717) is 16.3 Å². The molecule has 2 aromatic rings. The van der Waals surface area contributed by atoms with Gasteiger partial charge in [0.05, 0.1) is 12.1 Å². The molecular formula is C11H10ClNO2. The van der Waals surface area contributed by atoms with Crippen LogP contribution >= 0.6 is 11.6 Å². The summed E-state index contributed by atoms with van der Waals surface area (Å²) < 4.78 is 5.10. The Kier molecular flexibility index (Phi) is 2.40. The van der Waals surface area contributed by atoms with E-state index in [1.54, 1.807) is 25.4 Å². The highest BCUT2D eigenvalue weighted by molar-refractivity contribution is 6.33. The van der Waals surface area contributed by atoms with Gasteiger partial charge in [0.15, 0.2) is 5.78 Å². The highest BCUT2D eigenvalue weighted by Crippen LogP contribution is 2.31. The van der Waals surface area contributed by atoms with Crippen LogP contribution in [0.25, 0.3) is 10.9 Å². The van der Waals surface area contributed by atoms with E-state index >= 15 is 0 Å². The zero-order valence-corrected chi connectivity index (χ0v) is 9.18. The Morgan fingerprint density at radius 3 is 2.80 bits per heavy atom. The molecule has 0 aliphatic rings. The molecule has 0 radical (unpaired) electrons. The number of aromatic amines is 1. The van der Waals surface area contributed by atoms with Gasteiger partial charge in [-0.3, -0.25) is 4.79 Å². The number of ketones is 1. The van der Waals surface area contributed by atoms with E-state index in [4.69, 9.17) is 16.3 Å². The summed E-state index contributed by atoms with van der Waals surface area (Å²) in [5.41, 5.74) is 1.49. The molecule has 0 saturated carbocycles. The maximum absolute atomic E-state index is 11.3. The standard InChI is InChI=1S/C11H10ClNO2/c1-6(14)8-5-13-10-4-9(12)11(15-2)3-7(8)10/h3-5,13H,1-2H3. The van der Waals surface area contributed by atoms with Crippen LogP contribution in [0.5, 0.6) is 5.75 Å². The lowest BCUT2D eigenvalue weighted by molar-refractivity contribution is 0.101. The predicted octanol–water partition coefficient (Wildman–Crippen LogP) is 3.03. The van der Waals surface area contributed by atoms with Crippen molar-refractivity contribution in [2.24, 2.45) is 0 Å². The molecule has 3 nitrogen and oxygen atoms in total. The number of aromatic nitrogens is 1. The number of carbonyl (C=O) groups excluding carboxylic acids is 1. The summed E-state index contributed by atoms with van der Waals surface area (Å²) in [6.45, 7) is 1.53. The maximum atomic E-state index is 11.3. The van der Waals surface area contributed by atoms with Gasteiger partial charge < -0.3 is 9.72 Å². The third-order valence-electron chi connectivity index (χ3n) is 2.33. The molecule has 1 aromatic carbocycles. The molecule has 0 atom stereocenters. The Bertz CT molecular complexity index is 531. The first kappa shape index (κ1) is 10.1.